The molecule has 2 heterocycles. The lowest BCUT2D eigenvalue weighted by molar-refractivity contribution is -0.129. The zero-order chi connectivity index (χ0) is 14.1. The molecule has 0 bridgehead atoms. The van der Waals surface area contributed by atoms with Crippen molar-refractivity contribution >= 4 is 29.3 Å². The number of cyclic esters (lactones) is 1. The third-order valence-electron chi connectivity index (χ3n) is 2.60. The van der Waals surface area contributed by atoms with Crippen LogP contribution in [-0.2, 0) is 9.53 Å². The lowest BCUT2D eigenvalue weighted by atomic mass is 10.2. The normalized spacial score (nSPS) is 16.4. The van der Waals surface area contributed by atoms with Crippen LogP contribution in [0.5, 0.6) is 0 Å². The first-order valence-electron chi connectivity index (χ1n) is 5.65. The molecule has 3 nitrogen and oxygen atoms in total. The summed E-state index contributed by atoms with van der Waals surface area (Å²) in [7, 11) is 0. The number of rotatable bonds is 2. The molecule has 2 aromatic rings. The van der Waals surface area contributed by atoms with Gasteiger partial charge < -0.3 is 4.74 Å². The Hall–Kier alpha value is -2.34. The van der Waals surface area contributed by atoms with Gasteiger partial charge in [-0.25, -0.2) is 18.6 Å². The number of benzene rings is 1. The number of ether oxygens (including phenoxy) is 1. The molecule has 1 aliphatic heterocycles. The minimum absolute atomic E-state index is 0.0550. The van der Waals surface area contributed by atoms with Crippen LogP contribution in [0.2, 0.25) is 0 Å². The first-order valence-corrected chi connectivity index (χ1v) is 6.53. The molecule has 0 radical (unpaired) electrons. The van der Waals surface area contributed by atoms with Gasteiger partial charge in [-0.2, -0.15) is 0 Å². The van der Waals surface area contributed by atoms with Gasteiger partial charge in [-0.05, 0) is 35.2 Å². The summed E-state index contributed by atoms with van der Waals surface area (Å²) in [6.45, 7) is 0. The van der Waals surface area contributed by atoms with Gasteiger partial charge in [0.15, 0.2) is 17.3 Å². The summed E-state index contributed by atoms with van der Waals surface area (Å²) in [6.07, 6.45) is 1.35. The third-order valence-corrected chi connectivity index (χ3v) is 3.46. The fraction of sp³-hybridized carbons (Fsp3) is 0. The fourth-order valence-corrected chi connectivity index (χ4v) is 2.32. The zero-order valence-corrected chi connectivity index (χ0v) is 10.8. The summed E-state index contributed by atoms with van der Waals surface area (Å²) >= 11 is 1.39. The van der Waals surface area contributed by atoms with Crippen LogP contribution in [-0.4, -0.2) is 11.9 Å². The number of esters is 1. The van der Waals surface area contributed by atoms with Crippen molar-refractivity contribution in [3.63, 3.8) is 0 Å². The molecular weight excluding hydrogens is 284 g/mol. The zero-order valence-electron chi connectivity index (χ0n) is 9.97. The van der Waals surface area contributed by atoms with Gasteiger partial charge in [0.05, 0.1) is 4.88 Å². The summed E-state index contributed by atoms with van der Waals surface area (Å²) in [4.78, 5) is 16.5. The van der Waals surface area contributed by atoms with E-state index in [0.29, 0.717) is 5.56 Å². The smallest absolute Gasteiger partial charge is 0.363 e. The number of aliphatic imine (C=N–C) groups is 1. The Morgan fingerprint density at radius 2 is 2.05 bits per heavy atom. The van der Waals surface area contributed by atoms with Gasteiger partial charge in [0.1, 0.15) is 0 Å². The number of thiophene rings is 1. The molecule has 0 saturated carbocycles. The predicted molar refractivity (Wildman–Crippen MR) is 71.3 cm³/mol. The van der Waals surface area contributed by atoms with Crippen molar-refractivity contribution in [2.75, 3.05) is 0 Å². The second kappa shape index (κ2) is 4.97. The molecule has 3 rings (SSSR count). The lowest BCUT2D eigenvalue weighted by Gasteiger charge is -1.96. The van der Waals surface area contributed by atoms with E-state index < -0.39 is 17.6 Å². The molecule has 1 aliphatic rings. The minimum atomic E-state index is -0.979. The molecule has 0 fully saturated rings. The lowest BCUT2D eigenvalue weighted by Crippen LogP contribution is -2.03. The van der Waals surface area contributed by atoms with Crippen molar-refractivity contribution < 1.29 is 18.3 Å². The van der Waals surface area contributed by atoms with Crippen LogP contribution in [0.1, 0.15) is 10.4 Å². The highest BCUT2D eigenvalue weighted by molar-refractivity contribution is 7.12. The Balaban J connectivity index is 1.95. The largest absolute Gasteiger partial charge is 0.401 e. The maximum absolute atomic E-state index is 13.1. The fourth-order valence-electron chi connectivity index (χ4n) is 1.67. The number of hydrogen-bond donors (Lipinski definition) is 0. The van der Waals surface area contributed by atoms with Crippen molar-refractivity contribution in [1.82, 2.24) is 0 Å². The predicted octanol–water partition coefficient (Wildman–Crippen LogP) is 3.37. The highest BCUT2D eigenvalue weighted by Gasteiger charge is 2.24. The maximum atomic E-state index is 13.1. The van der Waals surface area contributed by atoms with E-state index in [1.54, 1.807) is 6.07 Å². The number of nitrogens with zero attached hydrogens (tertiary/aromatic N) is 1. The van der Waals surface area contributed by atoms with Crippen molar-refractivity contribution in [3.8, 4) is 0 Å². The average Bonchev–Trinajstić information content (AvgIpc) is 3.04. The van der Waals surface area contributed by atoms with Gasteiger partial charge in [-0.1, -0.05) is 12.1 Å². The van der Waals surface area contributed by atoms with Gasteiger partial charge in [-0.3, -0.25) is 0 Å². The Morgan fingerprint density at radius 3 is 2.75 bits per heavy atom. The maximum Gasteiger partial charge on any atom is 0.363 e. The molecule has 0 saturated heterocycles. The second-order valence-electron chi connectivity index (χ2n) is 3.99. The van der Waals surface area contributed by atoms with Crippen LogP contribution in [0, 0.1) is 11.6 Å². The van der Waals surface area contributed by atoms with Gasteiger partial charge in [0.25, 0.3) is 0 Å². The van der Waals surface area contributed by atoms with Crippen LogP contribution in [0.15, 0.2) is 46.4 Å². The molecule has 0 N–H and O–H groups in total. The minimum Gasteiger partial charge on any atom is -0.401 e. The second-order valence-corrected chi connectivity index (χ2v) is 4.93. The van der Waals surface area contributed by atoms with E-state index in [0.717, 1.165) is 17.0 Å². The molecule has 20 heavy (non-hydrogen) atoms. The van der Waals surface area contributed by atoms with Crippen LogP contribution in [0.3, 0.4) is 0 Å². The molecule has 0 aliphatic carbocycles. The number of halogens is 2. The van der Waals surface area contributed by atoms with Gasteiger partial charge in [0.2, 0.25) is 5.90 Å². The van der Waals surface area contributed by atoms with Crippen molar-refractivity contribution in [2.24, 2.45) is 4.99 Å². The first-order chi connectivity index (χ1) is 9.63. The van der Waals surface area contributed by atoms with E-state index in [1.807, 2.05) is 11.4 Å². The van der Waals surface area contributed by atoms with E-state index >= 15 is 0 Å². The summed E-state index contributed by atoms with van der Waals surface area (Å²) in [5.74, 6) is -2.31. The van der Waals surface area contributed by atoms with Crippen molar-refractivity contribution in [3.05, 3.63) is 63.5 Å². The van der Waals surface area contributed by atoms with E-state index in [9.17, 15) is 13.6 Å². The number of hydrogen-bond acceptors (Lipinski definition) is 4. The quantitative estimate of drug-likeness (QED) is 0.628. The first kappa shape index (κ1) is 12.7. The van der Waals surface area contributed by atoms with Gasteiger partial charge >= 0.3 is 5.97 Å². The number of carbonyl (C=O) groups is 1. The Kier molecular flexibility index (Phi) is 3.15. The Bertz CT molecular complexity index is 736. The summed E-state index contributed by atoms with van der Waals surface area (Å²) in [5.41, 5.74) is 0.395. The van der Waals surface area contributed by atoms with Crippen LogP contribution in [0.25, 0.3) is 6.08 Å². The molecular formula is C14H7F2NO2S. The monoisotopic (exact) mass is 291 g/mol. The SMILES string of the molecule is O=C1OC(c2cccs2)=N/C1=C\c1ccc(F)c(F)c1. The molecule has 1 aromatic carbocycles. The van der Waals surface area contributed by atoms with E-state index in [4.69, 9.17) is 4.74 Å². The summed E-state index contributed by atoms with van der Waals surface area (Å²) in [6, 6.07) is 6.93. The molecule has 0 atom stereocenters. The molecule has 6 heteroatoms. The van der Waals surface area contributed by atoms with E-state index in [1.165, 1.54) is 23.5 Å². The van der Waals surface area contributed by atoms with Gasteiger partial charge in [-0.15, -0.1) is 11.3 Å². The Morgan fingerprint density at radius 1 is 1.20 bits per heavy atom. The highest BCUT2D eigenvalue weighted by atomic mass is 32.1. The van der Waals surface area contributed by atoms with E-state index in [-0.39, 0.29) is 11.6 Å². The molecule has 100 valence electrons. The van der Waals surface area contributed by atoms with Crippen molar-refractivity contribution in [2.45, 2.75) is 0 Å². The highest BCUT2D eigenvalue weighted by Crippen LogP contribution is 2.22. The Labute approximate surface area is 116 Å². The summed E-state index contributed by atoms with van der Waals surface area (Å²) < 4.78 is 30.9. The van der Waals surface area contributed by atoms with Gasteiger partial charge in [0, 0.05) is 0 Å². The van der Waals surface area contributed by atoms with Crippen LogP contribution >= 0.6 is 11.3 Å². The topological polar surface area (TPSA) is 38.7 Å². The molecule has 0 amide bonds. The molecule has 0 unspecified atom stereocenters. The number of carbonyl (C=O) groups excluding carboxylic acids is 1. The summed E-state index contributed by atoms with van der Waals surface area (Å²) in [5, 5.41) is 1.84. The van der Waals surface area contributed by atoms with E-state index in [2.05, 4.69) is 4.99 Å². The van der Waals surface area contributed by atoms with Crippen LogP contribution < -0.4 is 0 Å². The molecule has 0 spiro atoms. The molecule has 1 aromatic heterocycles. The average molecular weight is 291 g/mol. The standard InChI is InChI=1S/C14H7F2NO2S/c15-9-4-3-8(6-10(9)16)7-11-14(18)19-13(17-11)12-2-1-5-20-12/h1-7H/b11-7-. The van der Waals surface area contributed by atoms with Crippen LogP contribution in [0.4, 0.5) is 8.78 Å². The third kappa shape index (κ3) is 2.37. The van der Waals surface area contributed by atoms with Crippen molar-refractivity contribution in [1.29, 1.82) is 0 Å².